The summed E-state index contributed by atoms with van der Waals surface area (Å²) in [6.45, 7) is 0. The third kappa shape index (κ3) is 4.22. The van der Waals surface area contributed by atoms with Crippen LogP contribution in [0.15, 0.2) is 72.8 Å². The van der Waals surface area contributed by atoms with Gasteiger partial charge in [0.15, 0.2) is 0 Å². The average Bonchev–Trinajstić information content (AvgIpc) is 2.69. The summed E-state index contributed by atoms with van der Waals surface area (Å²) in [6, 6.07) is 23.4. The van der Waals surface area contributed by atoms with Crippen molar-refractivity contribution in [3.63, 3.8) is 0 Å². The number of hydrogen-bond acceptors (Lipinski definition) is 3. The van der Waals surface area contributed by atoms with Gasteiger partial charge < -0.3 is 14.8 Å². The number of anilines is 1. The van der Waals surface area contributed by atoms with E-state index in [0.717, 1.165) is 22.4 Å². The van der Waals surface area contributed by atoms with E-state index >= 15 is 0 Å². The molecule has 1 N–H and O–H groups in total. The monoisotopic (exact) mass is 347 g/mol. The zero-order valence-electron chi connectivity index (χ0n) is 14.9. The molecule has 4 nitrogen and oxygen atoms in total. The Morgan fingerprint density at radius 1 is 0.846 bits per heavy atom. The quantitative estimate of drug-likeness (QED) is 0.711. The van der Waals surface area contributed by atoms with Crippen LogP contribution >= 0.6 is 0 Å². The molecule has 0 fully saturated rings. The second kappa shape index (κ2) is 8.21. The lowest BCUT2D eigenvalue weighted by Crippen LogP contribution is -2.14. The van der Waals surface area contributed by atoms with Crippen LogP contribution in [0.5, 0.6) is 11.5 Å². The molecule has 0 heterocycles. The van der Waals surface area contributed by atoms with E-state index in [2.05, 4.69) is 17.4 Å². The molecule has 0 saturated heterocycles. The maximum absolute atomic E-state index is 12.4. The van der Waals surface area contributed by atoms with Gasteiger partial charge in [0.1, 0.15) is 11.5 Å². The van der Waals surface area contributed by atoms with Crippen molar-refractivity contribution in [1.29, 1.82) is 0 Å². The number of carbonyl (C=O) groups excluding carboxylic acids is 1. The molecular formula is C22H21NO3. The van der Waals surface area contributed by atoms with E-state index in [9.17, 15) is 4.79 Å². The van der Waals surface area contributed by atoms with Crippen LogP contribution in [-0.4, -0.2) is 20.1 Å². The summed E-state index contributed by atoms with van der Waals surface area (Å²) >= 11 is 0. The standard InChI is InChI=1S/C22H21NO3/c1-25-20-13-10-18(21(15-20)26-2)14-22(24)23-19-11-8-17(9-12-19)16-6-4-3-5-7-16/h3-13,15H,14H2,1-2H3,(H,23,24). The molecule has 4 heteroatoms. The van der Waals surface area contributed by atoms with Crippen LogP contribution < -0.4 is 14.8 Å². The smallest absolute Gasteiger partial charge is 0.228 e. The summed E-state index contributed by atoms with van der Waals surface area (Å²) in [4.78, 5) is 12.4. The van der Waals surface area contributed by atoms with E-state index in [4.69, 9.17) is 9.47 Å². The summed E-state index contributed by atoms with van der Waals surface area (Å²) in [7, 11) is 3.18. The van der Waals surface area contributed by atoms with Crippen LogP contribution in [-0.2, 0) is 11.2 Å². The molecule has 3 aromatic carbocycles. The fraction of sp³-hybridized carbons (Fsp3) is 0.136. The van der Waals surface area contributed by atoms with Crippen molar-refractivity contribution in [3.05, 3.63) is 78.4 Å². The second-order valence-corrected chi connectivity index (χ2v) is 5.85. The molecule has 132 valence electrons. The van der Waals surface area contributed by atoms with E-state index in [1.807, 2.05) is 54.6 Å². The van der Waals surface area contributed by atoms with E-state index in [1.54, 1.807) is 20.3 Å². The zero-order chi connectivity index (χ0) is 18.4. The number of ether oxygens (including phenoxy) is 2. The molecule has 3 aromatic rings. The highest BCUT2D eigenvalue weighted by Crippen LogP contribution is 2.25. The summed E-state index contributed by atoms with van der Waals surface area (Å²) in [5.41, 5.74) is 3.84. The average molecular weight is 347 g/mol. The summed E-state index contributed by atoms with van der Waals surface area (Å²) in [6.07, 6.45) is 0.230. The van der Waals surface area contributed by atoms with E-state index in [1.165, 1.54) is 0 Å². The summed E-state index contributed by atoms with van der Waals surface area (Å²) in [5.74, 6) is 1.24. The third-order valence-corrected chi connectivity index (χ3v) is 4.12. The molecule has 1 amide bonds. The van der Waals surface area contributed by atoms with Crippen LogP contribution in [0.2, 0.25) is 0 Å². The van der Waals surface area contributed by atoms with Gasteiger partial charge in [-0.2, -0.15) is 0 Å². The number of nitrogens with one attached hydrogen (secondary N) is 1. The van der Waals surface area contributed by atoms with Crippen LogP contribution in [0.4, 0.5) is 5.69 Å². The van der Waals surface area contributed by atoms with Gasteiger partial charge in [0.05, 0.1) is 20.6 Å². The Bertz CT molecular complexity index is 874. The molecule has 0 aliphatic rings. The van der Waals surface area contributed by atoms with E-state index in [-0.39, 0.29) is 12.3 Å². The number of carbonyl (C=O) groups is 1. The maximum Gasteiger partial charge on any atom is 0.228 e. The molecule has 0 bridgehead atoms. The molecule has 3 rings (SSSR count). The first-order valence-electron chi connectivity index (χ1n) is 8.36. The fourth-order valence-corrected chi connectivity index (χ4v) is 2.75. The minimum Gasteiger partial charge on any atom is -0.497 e. The van der Waals surface area contributed by atoms with Gasteiger partial charge in [-0.15, -0.1) is 0 Å². The van der Waals surface area contributed by atoms with Crippen molar-refractivity contribution in [3.8, 4) is 22.6 Å². The van der Waals surface area contributed by atoms with Gasteiger partial charge >= 0.3 is 0 Å². The zero-order valence-corrected chi connectivity index (χ0v) is 14.9. The molecule has 0 saturated carbocycles. The van der Waals surface area contributed by atoms with Gasteiger partial charge in [-0.1, -0.05) is 48.5 Å². The Balaban J connectivity index is 1.67. The van der Waals surface area contributed by atoms with Gasteiger partial charge in [-0.05, 0) is 29.3 Å². The number of methoxy groups -OCH3 is 2. The van der Waals surface area contributed by atoms with Crippen molar-refractivity contribution in [1.82, 2.24) is 0 Å². The molecule has 0 aromatic heterocycles. The lowest BCUT2D eigenvalue weighted by molar-refractivity contribution is -0.115. The maximum atomic E-state index is 12.4. The normalized spacial score (nSPS) is 10.2. The minimum atomic E-state index is -0.0964. The van der Waals surface area contributed by atoms with Crippen molar-refractivity contribution >= 4 is 11.6 Å². The number of benzene rings is 3. The lowest BCUT2D eigenvalue weighted by atomic mass is 10.1. The molecule has 0 atom stereocenters. The number of hydrogen-bond donors (Lipinski definition) is 1. The first kappa shape index (κ1) is 17.5. The predicted octanol–water partition coefficient (Wildman–Crippen LogP) is 4.55. The Morgan fingerprint density at radius 2 is 1.54 bits per heavy atom. The molecule has 0 aliphatic carbocycles. The van der Waals surface area contributed by atoms with E-state index < -0.39 is 0 Å². The Labute approximate surface area is 153 Å². The molecule has 0 aliphatic heterocycles. The minimum absolute atomic E-state index is 0.0964. The highest BCUT2D eigenvalue weighted by atomic mass is 16.5. The Hall–Kier alpha value is -3.27. The second-order valence-electron chi connectivity index (χ2n) is 5.85. The van der Waals surface area contributed by atoms with Gasteiger partial charge in [0.25, 0.3) is 0 Å². The molecule has 0 spiro atoms. The highest BCUT2D eigenvalue weighted by Gasteiger charge is 2.10. The van der Waals surface area contributed by atoms with E-state index in [0.29, 0.717) is 11.5 Å². The van der Waals surface area contributed by atoms with Gasteiger partial charge in [0.2, 0.25) is 5.91 Å². The predicted molar refractivity (Wildman–Crippen MR) is 104 cm³/mol. The van der Waals surface area contributed by atoms with Gasteiger partial charge in [-0.3, -0.25) is 4.79 Å². The topological polar surface area (TPSA) is 47.6 Å². The largest absolute Gasteiger partial charge is 0.497 e. The molecule has 0 unspecified atom stereocenters. The third-order valence-electron chi connectivity index (χ3n) is 4.12. The van der Waals surface area contributed by atoms with Gasteiger partial charge in [0, 0.05) is 17.3 Å². The first-order chi connectivity index (χ1) is 12.7. The molecular weight excluding hydrogens is 326 g/mol. The highest BCUT2D eigenvalue weighted by molar-refractivity contribution is 5.93. The van der Waals surface area contributed by atoms with Crippen LogP contribution in [0.1, 0.15) is 5.56 Å². The Kier molecular flexibility index (Phi) is 5.54. The summed E-state index contributed by atoms with van der Waals surface area (Å²) < 4.78 is 10.5. The molecule has 0 radical (unpaired) electrons. The van der Waals surface area contributed by atoms with Crippen molar-refractivity contribution < 1.29 is 14.3 Å². The van der Waals surface area contributed by atoms with Crippen LogP contribution in [0.25, 0.3) is 11.1 Å². The van der Waals surface area contributed by atoms with Crippen molar-refractivity contribution in [2.24, 2.45) is 0 Å². The lowest BCUT2D eigenvalue weighted by Gasteiger charge is -2.11. The van der Waals surface area contributed by atoms with Crippen LogP contribution in [0.3, 0.4) is 0 Å². The SMILES string of the molecule is COc1ccc(CC(=O)Nc2ccc(-c3ccccc3)cc2)c(OC)c1. The fourth-order valence-electron chi connectivity index (χ4n) is 2.75. The Morgan fingerprint density at radius 3 is 2.19 bits per heavy atom. The van der Waals surface area contributed by atoms with Crippen molar-refractivity contribution in [2.45, 2.75) is 6.42 Å². The number of amides is 1. The summed E-state index contributed by atoms with van der Waals surface area (Å²) in [5, 5.41) is 2.92. The number of rotatable bonds is 6. The van der Waals surface area contributed by atoms with Crippen LogP contribution in [0, 0.1) is 0 Å². The van der Waals surface area contributed by atoms with Crippen molar-refractivity contribution in [2.75, 3.05) is 19.5 Å². The first-order valence-corrected chi connectivity index (χ1v) is 8.36. The van der Waals surface area contributed by atoms with Gasteiger partial charge in [-0.25, -0.2) is 0 Å². The molecule has 26 heavy (non-hydrogen) atoms.